The molecule has 0 aromatic heterocycles. The van der Waals surface area contributed by atoms with Crippen LogP contribution < -0.4 is 5.32 Å². The standard InChI is InChI=1S/C14H28N2S/c1-13(11-17-2)10-16-9-5-8-15-14(12-16)6-3-4-7-14/h13,15H,3-12H2,1-2H3. The highest BCUT2D eigenvalue weighted by atomic mass is 32.2. The second-order valence-corrected chi connectivity index (χ2v) is 6.97. The molecule has 100 valence electrons. The molecule has 0 aromatic carbocycles. The fraction of sp³-hybridized carbons (Fsp3) is 1.00. The lowest BCUT2D eigenvalue weighted by molar-refractivity contribution is 0.193. The lowest BCUT2D eigenvalue weighted by atomic mass is 9.97. The second-order valence-electron chi connectivity index (χ2n) is 6.06. The maximum absolute atomic E-state index is 3.85. The third-order valence-electron chi connectivity index (χ3n) is 4.26. The summed E-state index contributed by atoms with van der Waals surface area (Å²) in [6, 6.07) is 0. The normalized spacial score (nSPS) is 27.2. The molecule has 2 rings (SSSR count). The quantitative estimate of drug-likeness (QED) is 0.832. The van der Waals surface area contributed by atoms with Gasteiger partial charge in [0.1, 0.15) is 0 Å². The van der Waals surface area contributed by atoms with Crippen LogP contribution in [0.2, 0.25) is 0 Å². The van der Waals surface area contributed by atoms with Gasteiger partial charge in [-0.3, -0.25) is 0 Å². The first-order valence-electron chi connectivity index (χ1n) is 7.20. The number of thioether (sulfide) groups is 1. The predicted octanol–water partition coefficient (Wildman–Crippen LogP) is 2.59. The lowest BCUT2D eigenvalue weighted by Crippen LogP contribution is -2.50. The molecule has 1 saturated carbocycles. The molecule has 0 radical (unpaired) electrons. The molecule has 2 nitrogen and oxygen atoms in total. The summed E-state index contributed by atoms with van der Waals surface area (Å²) in [5.41, 5.74) is 0.482. The molecule has 1 aliphatic carbocycles. The molecule has 1 aliphatic heterocycles. The smallest absolute Gasteiger partial charge is 0.0308 e. The van der Waals surface area contributed by atoms with E-state index in [1.165, 1.54) is 64.0 Å². The first-order valence-corrected chi connectivity index (χ1v) is 8.60. The molecule has 1 atom stereocenters. The van der Waals surface area contributed by atoms with Gasteiger partial charge in [0.2, 0.25) is 0 Å². The van der Waals surface area contributed by atoms with E-state index in [0.717, 1.165) is 5.92 Å². The summed E-state index contributed by atoms with van der Waals surface area (Å²) in [7, 11) is 0. The average molecular weight is 256 g/mol. The highest BCUT2D eigenvalue weighted by Gasteiger charge is 2.36. The molecule has 1 N–H and O–H groups in total. The largest absolute Gasteiger partial charge is 0.310 e. The van der Waals surface area contributed by atoms with E-state index < -0.39 is 0 Å². The van der Waals surface area contributed by atoms with Gasteiger partial charge in [-0.25, -0.2) is 0 Å². The van der Waals surface area contributed by atoms with Crippen molar-refractivity contribution in [3.8, 4) is 0 Å². The highest BCUT2D eigenvalue weighted by molar-refractivity contribution is 7.98. The maximum atomic E-state index is 3.85. The Balaban J connectivity index is 1.88. The number of hydrogen-bond donors (Lipinski definition) is 1. The number of hydrogen-bond acceptors (Lipinski definition) is 3. The van der Waals surface area contributed by atoms with Gasteiger partial charge in [0.05, 0.1) is 0 Å². The summed E-state index contributed by atoms with van der Waals surface area (Å²) >= 11 is 1.98. The minimum absolute atomic E-state index is 0.482. The summed E-state index contributed by atoms with van der Waals surface area (Å²) in [6.45, 7) is 7.52. The zero-order valence-corrected chi connectivity index (χ0v) is 12.3. The molecule has 0 bridgehead atoms. The third kappa shape index (κ3) is 3.87. The van der Waals surface area contributed by atoms with Crippen LogP contribution in [0.15, 0.2) is 0 Å². The van der Waals surface area contributed by atoms with Crippen molar-refractivity contribution in [2.24, 2.45) is 5.92 Å². The molecule has 2 fully saturated rings. The van der Waals surface area contributed by atoms with Crippen molar-refractivity contribution in [2.45, 2.75) is 44.6 Å². The molecule has 1 saturated heterocycles. The molecule has 0 amide bonds. The van der Waals surface area contributed by atoms with Crippen LogP contribution in [0.5, 0.6) is 0 Å². The van der Waals surface area contributed by atoms with E-state index >= 15 is 0 Å². The van der Waals surface area contributed by atoms with Gasteiger partial charge in [-0.15, -0.1) is 0 Å². The molecule has 1 heterocycles. The molecular formula is C14H28N2S. The predicted molar refractivity (Wildman–Crippen MR) is 77.8 cm³/mol. The fourth-order valence-electron chi connectivity index (χ4n) is 3.54. The van der Waals surface area contributed by atoms with Crippen LogP contribution in [0.4, 0.5) is 0 Å². The van der Waals surface area contributed by atoms with Crippen LogP contribution in [-0.4, -0.2) is 48.6 Å². The molecule has 1 spiro atoms. The van der Waals surface area contributed by atoms with Crippen LogP contribution in [0, 0.1) is 5.92 Å². The van der Waals surface area contributed by atoms with Crippen molar-refractivity contribution in [2.75, 3.05) is 38.2 Å². The van der Waals surface area contributed by atoms with Crippen LogP contribution >= 0.6 is 11.8 Å². The number of nitrogens with zero attached hydrogens (tertiary/aromatic N) is 1. The van der Waals surface area contributed by atoms with E-state index in [2.05, 4.69) is 23.4 Å². The second kappa shape index (κ2) is 6.44. The van der Waals surface area contributed by atoms with Crippen molar-refractivity contribution in [3.63, 3.8) is 0 Å². The van der Waals surface area contributed by atoms with Crippen LogP contribution in [0.25, 0.3) is 0 Å². The van der Waals surface area contributed by atoms with Gasteiger partial charge in [-0.2, -0.15) is 11.8 Å². The highest BCUT2D eigenvalue weighted by Crippen LogP contribution is 2.31. The molecule has 1 unspecified atom stereocenters. The van der Waals surface area contributed by atoms with Gasteiger partial charge in [-0.1, -0.05) is 19.8 Å². The lowest BCUT2D eigenvalue weighted by Gasteiger charge is -2.34. The summed E-state index contributed by atoms with van der Waals surface area (Å²) in [4.78, 5) is 2.73. The van der Waals surface area contributed by atoms with Crippen molar-refractivity contribution in [1.29, 1.82) is 0 Å². The van der Waals surface area contributed by atoms with Crippen LogP contribution in [0.3, 0.4) is 0 Å². The Hall–Kier alpha value is 0.270. The zero-order chi connectivity index (χ0) is 12.1. The Morgan fingerprint density at radius 2 is 2.06 bits per heavy atom. The first kappa shape index (κ1) is 13.7. The van der Waals surface area contributed by atoms with Gasteiger partial charge in [0, 0.05) is 18.6 Å². The van der Waals surface area contributed by atoms with E-state index in [1.54, 1.807) is 0 Å². The van der Waals surface area contributed by atoms with E-state index in [1.807, 2.05) is 11.8 Å². The summed E-state index contributed by atoms with van der Waals surface area (Å²) < 4.78 is 0. The van der Waals surface area contributed by atoms with E-state index in [9.17, 15) is 0 Å². The SMILES string of the molecule is CSCC(C)CN1CCCNC2(CCCC2)C1. The maximum Gasteiger partial charge on any atom is 0.0308 e. The van der Waals surface area contributed by atoms with Gasteiger partial charge < -0.3 is 10.2 Å². The Bertz CT molecular complexity index is 226. The van der Waals surface area contributed by atoms with Gasteiger partial charge in [0.15, 0.2) is 0 Å². The monoisotopic (exact) mass is 256 g/mol. The Morgan fingerprint density at radius 3 is 2.76 bits per heavy atom. The Morgan fingerprint density at radius 1 is 1.29 bits per heavy atom. The number of rotatable bonds is 4. The summed E-state index contributed by atoms with van der Waals surface area (Å²) in [5.74, 6) is 2.14. The molecular weight excluding hydrogens is 228 g/mol. The Labute approximate surface area is 111 Å². The topological polar surface area (TPSA) is 15.3 Å². The van der Waals surface area contributed by atoms with E-state index in [4.69, 9.17) is 0 Å². The summed E-state index contributed by atoms with van der Waals surface area (Å²) in [5, 5.41) is 3.85. The minimum Gasteiger partial charge on any atom is -0.310 e. The number of nitrogens with one attached hydrogen (secondary N) is 1. The van der Waals surface area contributed by atoms with E-state index in [0.29, 0.717) is 5.54 Å². The van der Waals surface area contributed by atoms with E-state index in [-0.39, 0.29) is 0 Å². The van der Waals surface area contributed by atoms with Crippen molar-refractivity contribution >= 4 is 11.8 Å². The van der Waals surface area contributed by atoms with Crippen molar-refractivity contribution < 1.29 is 0 Å². The van der Waals surface area contributed by atoms with Crippen molar-refractivity contribution in [1.82, 2.24) is 10.2 Å². The third-order valence-corrected chi connectivity index (χ3v) is 5.16. The van der Waals surface area contributed by atoms with Gasteiger partial charge >= 0.3 is 0 Å². The van der Waals surface area contributed by atoms with Gasteiger partial charge in [-0.05, 0) is 50.3 Å². The van der Waals surface area contributed by atoms with Crippen LogP contribution in [0.1, 0.15) is 39.0 Å². The average Bonchev–Trinajstić information content (AvgIpc) is 2.63. The zero-order valence-electron chi connectivity index (χ0n) is 11.5. The Kier molecular flexibility index (Phi) is 5.19. The van der Waals surface area contributed by atoms with Crippen LogP contribution in [-0.2, 0) is 0 Å². The molecule has 0 aromatic rings. The molecule has 2 aliphatic rings. The molecule has 3 heteroatoms. The van der Waals surface area contributed by atoms with Crippen molar-refractivity contribution in [3.05, 3.63) is 0 Å². The minimum atomic E-state index is 0.482. The summed E-state index contributed by atoms with van der Waals surface area (Å²) in [6.07, 6.45) is 9.22. The van der Waals surface area contributed by atoms with Gasteiger partial charge in [0.25, 0.3) is 0 Å². The first-order chi connectivity index (χ1) is 8.24. The fourth-order valence-corrected chi connectivity index (χ4v) is 4.21. The molecule has 17 heavy (non-hydrogen) atoms.